The van der Waals surface area contributed by atoms with Gasteiger partial charge in [0.2, 0.25) is 5.91 Å². The van der Waals surface area contributed by atoms with E-state index in [1.807, 2.05) is 18.4 Å². The van der Waals surface area contributed by atoms with Crippen molar-refractivity contribution in [2.24, 2.45) is 0 Å². The number of nitrogens with zero attached hydrogens (tertiary/aromatic N) is 1. The van der Waals surface area contributed by atoms with E-state index in [-0.39, 0.29) is 30.6 Å². The van der Waals surface area contributed by atoms with Crippen LogP contribution in [0.5, 0.6) is 0 Å². The highest BCUT2D eigenvalue weighted by atomic mass is 32.1. The highest BCUT2D eigenvalue weighted by molar-refractivity contribution is 7.12. The Bertz CT molecular complexity index is 470. The molecule has 1 aromatic heterocycles. The molecule has 0 aliphatic carbocycles. The van der Waals surface area contributed by atoms with Crippen molar-refractivity contribution in [3.63, 3.8) is 0 Å². The lowest BCUT2D eigenvalue weighted by atomic mass is 10.1. The highest BCUT2D eigenvalue weighted by Crippen LogP contribution is 2.12. The third kappa shape index (κ3) is 5.87. The molecule has 0 aromatic carbocycles. The zero-order valence-electron chi connectivity index (χ0n) is 13.0. The SMILES string of the molecule is CC(CCN1CCOCC1)NC(=O)CCC(=O)c1cccs1. The fourth-order valence-electron chi connectivity index (χ4n) is 2.41. The summed E-state index contributed by atoms with van der Waals surface area (Å²) in [4.78, 5) is 26.8. The summed E-state index contributed by atoms with van der Waals surface area (Å²) in [6.07, 6.45) is 1.46. The zero-order chi connectivity index (χ0) is 15.8. The molecule has 22 heavy (non-hydrogen) atoms. The van der Waals surface area contributed by atoms with E-state index >= 15 is 0 Å². The monoisotopic (exact) mass is 324 g/mol. The van der Waals surface area contributed by atoms with Gasteiger partial charge in [0.1, 0.15) is 0 Å². The molecule has 0 radical (unpaired) electrons. The van der Waals surface area contributed by atoms with Gasteiger partial charge in [0.05, 0.1) is 18.1 Å². The number of rotatable bonds is 8. The number of hydrogen-bond donors (Lipinski definition) is 1. The summed E-state index contributed by atoms with van der Waals surface area (Å²) in [5.41, 5.74) is 0. The zero-order valence-corrected chi connectivity index (χ0v) is 13.9. The molecular formula is C16H24N2O3S. The Balaban J connectivity index is 1.60. The predicted molar refractivity (Wildman–Crippen MR) is 87.4 cm³/mol. The van der Waals surface area contributed by atoms with Crippen molar-refractivity contribution in [3.8, 4) is 0 Å². The molecular weight excluding hydrogens is 300 g/mol. The summed E-state index contributed by atoms with van der Waals surface area (Å²) in [7, 11) is 0. The van der Waals surface area contributed by atoms with Crippen LogP contribution >= 0.6 is 11.3 Å². The lowest BCUT2D eigenvalue weighted by Gasteiger charge is -2.27. The van der Waals surface area contributed by atoms with E-state index in [2.05, 4.69) is 10.2 Å². The van der Waals surface area contributed by atoms with Crippen LogP contribution in [0.4, 0.5) is 0 Å². The molecule has 122 valence electrons. The molecule has 5 nitrogen and oxygen atoms in total. The Morgan fingerprint density at radius 2 is 2.14 bits per heavy atom. The second kappa shape index (κ2) is 9.02. The molecule has 1 amide bonds. The summed E-state index contributed by atoms with van der Waals surface area (Å²) < 4.78 is 5.31. The van der Waals surface area contributed by atoms with Gasteiger partial charge < -0.3 is 10.1 Å². The molecule has 1 aromatic rings. The number of morpholine rings is 1. The van der Waals surface area contributed by atoms with Crippen LogP contribution in [0.25, 0.3) is 0 Å². The van der Waals surface area contributed by atoms with Gasteiger partial charge in [-0.1, -0.05) is 6.07 Å². The molecule has 1 aliphatic heterocycles. The first-order valence-corrected chi connectivity index (χ1v) is 8.69. The standard InChI is InChI=1S/C16H24N2O3S/c1-13(6-7-18-8-10-21-11-9-18)17-16(20)5-4-14(19)15-3-2-12-22-15/h2-3,12-13H,4-11H2,1H3,(H,17,20). The van der Waals surface area contributed by atoms with Crippen LogP contribution in [-0.4, -0.2) is 55.5 Å². The Labute approximate surface area is 135 Å². The number of ketones is 1. The smallest absolute Gasteiger partial charge is 0.220 e. The molecule has 1 aliphatic rings. The maximum absolute atomic E-state index is 11.9. The molecule has 1 unspecified atom stereocenters. The summed E-state index contributed by atoms with van der Waals surface area (Å²) in [6.45, 7) is 6.52. The number of carbonyl (C=O) groups excluding carboxylic acids is 2. The quantitative estimate of drug-likeness (QED) is 0.743. The number of carbonyl (C=O) groups is 2. The van der Waals surface area contributed by atoms with E-state index in [0.717, 1.165) is 44.1 Å². The van der Waals surface area contributed by atoms with Crippen molar-refractivity contribution < 1.29 is 14.3 Å². The summed E-state index contributed by atoms with van der Waals surface area (Å²) in [6, 6.07) is 3.79. The predicted octanol–water partition coefficient (Wildman–Crippen LogP) is 1.94. The van der Waals surface area contributed by atoms with E-state index < -0.39 is 0 Å². The minimum atomic E-state index is -0.0422. The molecule has 1 fully saturated rings. The third-order valence-corrected chi connectivity index (χ3v) is 4.68. The van der Waals surface area contributed by atoms with Crippen LogP contribution in [0.15, 0.2) is 17.5 Å². The van der Waals surface area contributed by atoms with Gasteiger partial charge in [-0.3, -0.25) is 14.5 Å². The van der Waals surface area contributed by atoms with Crippen molar-refractivity contribution in [1.29, 1.82) is 0 Å². The van der Waals surface area contributed by atoms with Crippen molar-refractivity contribution in [3.05, 3.63) is 22.4 Å². The first-order valence-electron chi connectivity index (χ1n) is 7.81. The Kier molecular flexibility index (Phi) is 7.02. The van der Waals surface area contributed by atoms with Gasteiger partial charge in [-0.15, -0.1) is 11.3 Å². The fraction of sp³-hybridized carbons (Fsp3) is 0.625. The lowest BCUT2D eigenvalue weighted by molar-refractivity contribution is -0.121. The third-order valence-electron chi connectivity index (χ3n) is 3.76. The average molecular weight is 324 g/mol. The highest BCUT2D eigenvalue weighted by Gasteiger charge is 2.14. The van der Waals surface area contributed by atoms with Crippen LogP contribution in [0.1, 0.15) is 35.9 Å². The van der Waals surface area contributed by atoms with E-state index in [0.29, 0.717) is 0 Å². The molecule has 0 saturated carbocycles. The van der Waals surface area contributed by atoms with Gasteiger partial charge in [-0.05, 0) is 24.8 Å². The number of thiophene rings is 1. The molecule has 2 heterocycles. The molecule has 1 atom stereocenters. The van der Waals surface area contributed by atoms with Gasteiger partial charge in [0.15, 0.2) is 5.78 Å². The molecule has 0 bridgehead atoms. The van der Waals surface area contributed by atoms with Crippen LogP contribution < -0.4 is 5.32 Å². The largest absolute Gasteiger partial charge is 0.379 e. The van der Waals surface area contributed by atoms with Gasteiger partial charge in [0.25, 0.3) is 0 Å². The molecule has 2 rings (SSSR count). The topological polar surface area (TPSA) is 58.6 Å². The van der Waals surface area contributed by atoms with Crippen molar-refractivity contribution >= 4 is 23.0 Å². The number of ether oxygens (including phenoxy) is 1. The Hall–Kier alpha value is -1.24. The van der Waals surface area contributed by atoms with Crippen LogP contribution in [-0.2, 0) is 9.53 Å². The number of hydrogen-bond acceptors (Lipinski definition) is 5. The van der Waals surface area contributed by atoms with Crippen molar-refractivity contribution in [1.82, 2.24) is 10.2 Å². The van der Waals surface area contributed by atoms with Crippen LogP contribution in [0, 0.1) is 0 Å². The molecule has 1 saturated heterocycles. The lowest BCUT2D eigenvalue weighted by Crippen LogP contribution is -2.40. The van der Waals surface area contributed by atoms with E-state index in [9.17, 15) is 9.59 Å². The van der Waals surface area contributed by atoms with Crippen molar-refractivity contribution in [2.75, 3.05) is 32.8 Å². The maximum Gasteiger partial charge on any atom is 0.220 e. The van der Waals surface area contributed by atoms with Crippen molar-refractivity contribution in [2.45, 2.75) is 32.2 Å². The second-order valence-corrected chi connectivity index (χ2v) is 6.56. The van der Waals surface area contributed by atoms with Gasteiger partial charge in [-0.2, -0.15) is 0 Å². The number of nitrogens with one attached hydrogen (secondary N) is 1. The van der Waals surface area contributed by atoms with Gasteiger partial charge >= 0.3 is 0 Å². The molecule has 6 heteroatoms. The maximum atomic E-state index is 11.9. The first-order chi connectivity index (χ1) is 10.6. The first kappa shape index (κ1) is 17.1. The van der Waals surface area contributed by atoms with E-state index in [1.54, 1.807) is 6.07 Å². The molecule has 1 N–H and O–H groups in total. The van der Waals surface area contributed by atoms with E-state index in [4.69, 9.17) is 4.74 Å². The summed E-state index contributed by atoms with van der Waals surface area (Å²) in [5.74, 6) is 0.00510. The number of Topliss-reactive ketones (excluding diaryl/α,β-unsaturated/α-hetero) is 1. The minimum absolute atomic E-state index is 0.0422. The Morgan fingerprint density at radius 1 is 1.36 bits per heavy atom. The summed E-state index contributed by atoms with van der Waals surface area (Å²) in [5, 5.41) is 4.85. The molecule has 0 spiro atoms. The normalized spacial score (nSPS) is 17.1. The second-order valence-electron chi connectivity index (χ2n) is 5.61. The fourth-order valence-corrected chi connectivity index (χ4v) is 3.10. The number of amides is 1. The van der Waals surface area contributed by atoms with Crippen LogP contribution in [0.2, 0.25) is 0 Å². The Morgan fingerprint density at radius 3 is 2.82 bits per heavy atom. The summed E-state index contributed by atoms with van der Waals surface area (Å²) >= 11 is 1.42. The van der Waals surface area contributed by atoms with Gasteiger partial charge in [0, 0.05) is 38.5 Å². The van der Waals surface area contributed by atoms with Gasteiger partial charge in [-0.25, -0.2) is 0 Å². The van der Waals surface area contributed by atoms with E-state index in [1.165, 1.54) is 11.3 Å². The average Bonchev–Trinajstić information content (AvgIpc) is 3.06. The van der Waals surface area contributed by atoms with Crippen LogP contribution in [0.3, 0.4) is 0 Å². The minimum Gasteiger partial charge on any atom is -0.379 e.